The van der Waals surface area contributed by atoms with Crippen LogP contribution in [0.3, 0.4) is 0 Å². The third-order valence-electron chi connectivity index (χ3n) is 2.99. The van der Waals surface area contributed by atoms with E-state index in [1.165, 1.54) is 17.5 Å². The fourth-order valence-corrected chi connectivity index (χ4v) is 4.93. The van der Waals surface area contributed by atoms with E-state index in [0.29, 0.717) is 29.1 Å². The fraction of sp³-hybridized carbons (Fsp3) is 0.700. The van der Waals surface area contributed by atoms with Gasteiger partial charge in [0.05, 0.1) is 11.2 Å². The highest BCUT2D eigenvalue weighted by atomic mass is 35.5. The number of nitrogens with zero attached hydrogens (tertiary/aromatic N) is 2. The summed E-state index contributed by atoms with van der Waals surface area (Å²) in [6.07, 6.45) is 3.14. The third kappa shape index (κ3) is 2.81. The van der Waals surface area contributed by atoms with Crippen LogP contribution in [0.2, 0.25) is 0 Å². The zero-order valence-electron chi connectivity index (χ0n) is 9.60. The maximum atomic E-state index is 12.3. The van der Waals surface area contributed by atoms with Crippen molar-refractivity contribution in [1.82, 2.24) is 9.29 Å². The molecule has 0 aromatic carbocycles. The Hall–Kier alpha value is -0.170. The van der Waals surface area contributed by atoms with Gasteiger partial charge in [-0.15, -0.1) is 22.9 Å². The molecule has 4 nitrogen and oxygen atoms in total. The molecule has 1 aliphatic heterocycles. The molecule has 0 atom stereocenters. The van der Waals surface area contributed by atoms with E-state index >= 15 is 0 Å². The van der Waals surface area contributed by atoms with Crippen molar-refractivity contribution in [1.29, 1.82) is 0 Å². The minimum Gasteiger partial charge on any atom is -0.249 e. The molecule has 96 valence electrons. The first-order valence-electron chi connectivity index (χ1n) is 5.52. The van der Waals surface area contributed by atoms with Crippen molar-refractivity contribution in [3.05, 3.63) is 11.2 Å². The summed E-state index contributed by atoms with van der Waals surface area (Å²) in [5.41, 5.74) is 0. The molecule has 7 heteroatoms. The van der Waals surface area contributed by atoms with Gasteiger partial charge in [-0.05, 0) is 25.7 Å². The number of piperidine rings is 1. The van der Waals surface area contributed by atoms with Crippen molar-refractivity contribution in [2.24, 2.45) is 5.92 Å². The first-order valence-corrected chi connectivity index (χ1v) is 8.31. The molecule has 2 heterocycles. The first-order chi connectivity index (χ1) is 8.04. The first kappa shape index (κ1) is 13.3. The molecule has 0 spiro atoms. The zero-order chi connectivity index (χ0) is 12.5. The molecule has 0 N–H and O–H groups in total. The predicted octanol–water partition coefficient (Wildman–Crippen LogP) is 2.09. The van der Waals surface area contributed by atoms with E-state index < -0.39 is 10.0 Å². The van der Waals surface area contributed by atoms with E-state index in [1.54, 1.807) is 4.31 Å². The quantitative estimate of drug-likeness (QED) is 0.802. The summed E-state index contributed by atoms with van der Waals surface area (Å²) in [6.45, 7) is 2.94. The molecule has 0 aliphatic carbocycles. The molecule has 0 radical (unpaired) electrons. The van der Waals surface area contributed by atoms with E-state index in [2.05, 4.69) is 4.98 Å². The molecular formula is C10H15ClN2O2S2. The van der Waals surface area contributed by atoms with Gasteiger partial charge >= 0.3 is 0 Å². The highest BCUT2D eigenvalue weighted by Gasteiger charge is 2.30. The Bertz CT molecular complexity index is 478. The van der Waals surface area contributed by atoms with Gasteiger partial charge in [0, 0.05) is 19.0 Å². The van der Waals surface area contributed by atoms with E-state index in [0.717, 1.165) is 17.8 Å². The Morgan fingerprint density at radius 2 is 2.18 bits per heavy atom. The molecule has 1 aliphatic rings. The Balaban J connectivity index is 2.12. The predicted molar refractivity (Wildman–Crippen MR) is 69.1 cm³/mol. The summed E-state index contributed by atoms with van der Waals surface area (Å²) in [5.74, 6) is 1.07. The molecule has 1 aromatic rings. The van der Waals surface area contributed by atoms with Gasteiger partial charge in [-0.2, -0.15) is 4.31 Å². The van der Waals surface area contributed by atoms with Crippen LogP contribution < -0.4 is 0 Å². The third-order valence-corrected chi connectivity index (χ3v) is 6.67. The molecule has 1 saturated heterocycles. The van der Waals surface area contributed by atoms with Crippen LogP contribution in [0, 0.1) is 12.8 Å². The van der Waals surface area contributed by atoms with Crippen LogP contribution in [-0.4, -0.2) is 36.7 Å². The number of sulfonamides is 1. The van der Waals surface area contributed by atoms with Gasteiger partial charge in [0.15, 0.2) is 4.21 Å². The van der Waals surface area contributed by atoms with Gasteiger partial charge in [-0.25, -0.2) is 13.4 Å². The zero-order valence-corrected chi connectivity index (χ0v) is 12.0. The normalized spacial score (nSPS) is 19.6. The van der Waals surface area contributed by atoms with Crippen molar-refractivity contribution in [2.45, 2.75) is 24.0 Å². The second-order valence-corrected chi connectivity index (χ2v) is 7.91. The molecule has 2 rings (SSSR count). The molecule has 0 bridgehead atoms. The minimum atomic E-state index is -3.33. The highest BCUT2D eigenvalue weighted by molar-refractivity contribution is 7.91. The fourth-order valence-electron chi connectivity index (χ4n) is 1.89. The van der Waals surface area contributed by atoms with Crippen LogP contribution in [0.1, 0.15) is 17.8 Å². The van der Waals surface area contributed by atoms with Gasteiger partial charge in [-0.3, -0.25) is 0 Å². The maximum absolute atomic E-state index is 12.3. The van der Waals surface area contributed by atoms with Gasteiger partial charge in [0.25, 0.3) is 10.0 Å². The lowest BCUT2D eigenvalue weighted by Crippen LogP contribution is -2.38. The maximum Gasteiger partial charge on any atom is 0.254 e. The number of halogens is 1. The van der Waals surface area contributed by atoms with E-state index in [1.807, 2.05) is 6.92 Å². The van der Waals surface area contributed by atoms with Gasteiger partial charge in [-0.1, -0.05) is 0 Å². The number of rotatable bonds is 3. The van der Waals surface area contributed by atoms with Crippen molar-refractivity contribution >= 4 is 33.0 Å². The lowest BCUT2D eigenvalue weighted by atomic mass is 10.0. The van der Waals surface area contributed by atoms with E-state index in [-0.39, 0.29) is 0 Å². The number of aryl methyl sites for hydroxylation is 1. The molecular weight excluding hydrogens is 280 g/mol. The lowest BCUT2D eigenvalue weighted by molar-refractivity contribution is 0.290. The van der Waals surface area contributed by atoms with Gasteiger partial charge < -0.3 is 0 Å². The summed E-state index contributed by atoms with van der Waals surface area (Å²) in [5, 5.41) is 0.777. The van der Waals surface area contributed by atoms with Crippen LogP contribution in [0.25, 0.3) is 0 Å². The van der Waals surface area contributed by atoms with Crippen LogP contribution in [-0.2, 0) is 10.0 Å². The van der Waals surface area contributed by atoms with E-state index in [4.69, 9.17) is 11.6 Å². The number of thiazole rings is 1. The van der Waals surface area contributed by atoms with Gasteiger partial charge in [0.1, 0.15) is 0 Å². The highest BCUT2D eigenvalue weighted by Crippen LogP contribution is 2.27. The molecule has 0 saturated carbocycles. The Kier molecular flexibility index (Phi) is 4.07. The average molecular weight is 295 g/mol. The van der Waals surface area contributed by atoms with Crippen molar-refractivity contribution < 1.29 is 8.42 Å². The van der Waals surface area contributed by atoms with Crippen LogP contribution in [0.5, 0.6) is 0 Å². The topological polar surface area (TPSA) is 50.3 Å². The Labute approximate surface area is 111 Å². The average Bonchev–Trinajstić information content (AvgIpc) is 2.77. The summed E-state index contributed by atoms with van der Waals surface area (Å²) in [7, 11) is -3.33. The minimum absolute atomic E-state index is 0.347. The summed E-state index contributed by atoms with van der Waals surface area (Å²) in [4.78, 5) is 4.00. The SMILES string of the molecule is Cc1ncc(S(=O)(=O)N2CCC(CCl)CC2)s1. The van der Waals surface area contributed by atoms with Crippen LogP contribution in [0.15, 0.2) is 10.4 Å². The Morgan fingerprint density at radius 3 is 2.65 bits per heavy atom. The Morgan fingerprint density at radius 1 is 1.53 bits per heavy atom. The molecule has 17 heavy (non-hydrogen) atoms. The number of aromatic nitrogens is 1. The van der Waals surface area contributed by atoms with Crippen molar-refractivity contribution in [2.75, 3.05) is 19.0 Å². The molecule has 0 amide bonds. The monoisotopic (exact) mass is 294 g/mol. The summed E-state index contributed by atoms with van der Waals surface area (Å²) >= 11 is 7.01. The number of alkyl halides is 1. The van der Waals surface area contributed by atoms with Crippen LogP contribution in [0.4, 0.5) is 0 Å². The molecule has 0 unspecified atom stereocenters. The van der Waals surface area contributed by atoms with Gasteiger partial charge in [0.2, 0.25) is 0 Å². The summed E-state index contributed by atoms with van der Waals surface area (Å²) in [6, 6.07) is 0. The van der Waals surface area contributed by atoms with Crippen molar-refractivity contribution in [3.8, 4) is 0 Å². The number of hydrogen-bond donors (Lipinski definition) is 0. The number of hydrogen-bond acceptors (Lipinski definition) is 4. The van der Waals surface area contributed by atoms with E-state index in [9.17, 15) is 8.42 Å². The van der Waals surface area contributed by atoms with Crippen molar-refractivity contribution in [3.63, 3.8) is 0 Å². The largest absolute Gasteiger partial charge is 0.254 e. The summed E-state index contributed by atoms with van der Waals surface area (Å²) < 4.78 is 26.4. The second kappa shape index (κ2) is 5.22. The lowest BCUT2D eigenvalue weighted by Gasteiger charge is -2.29. The van der Waals surface area contributed by atoms with Crippen LogP contribution >= 0.6 is 22.9 Å². The standard InChI is InChI=1S/C10H15ClN2O2S2/c1-8-12-7-10(16-8)17(14,15)13-4-2-9(6-11)3-5-13/h7,9H,2-6H2,1H3. The molecule has 1 aromatic heterocycles. The molecule has 1 fully saturated rings. The second-order valence-electron chi connectivity index (χ2n) is 4.20. The smallest absolute Gasteiger partial charge is 0.249 e.